The minimum Gasteiger partial charge on any atom is -0.493 e. The van der Waals surface area contributed by atoms with Crippen LogP contribution in [-0.2, 0) is 11.3 Å². The van der Waals surface area contributed by atoms with Crippen molar-refractivity contribution in [2.24, 2.45) is 5.92 Å². The molecule has 22 heavy (non-hydrogen) atoms. The highest BCUT2D eigenvalue weighted by Gasteiger charge is 2.32. The fourth-order valence-electron chi connectivity index (χ4n) is 2.69. The molecule has 2 atom stereocenters. The minimum absolute atomic E-state index is 0.0277. The summed E-state index contributed by atoms with van der Waals surface area (Å²) in [4.78, 5) is 14.5. The number of benzene rings is 1. The molecule has 2 N–H and O–H groups in total. The number of amides is 1. The van der Waals surface area contributed by atoms with Crippen LogP contribution in [0.15, 0.2) is 18.2 Å². The van der Waals surface area contributed by atoms with E-state index in [2.05, 4.69) is 10.9 Å². The molecule has 0 radical (unpaired) electrons. The number of rotatable bonds is 6. The molecule has 1 fully saturated rings. The van der Waals surface area contributed by atoms with Gasteiger partial charge >= 0.3 is 0 Å². The minimum atomic E-state index is -0.0277. The molecule has 1 aromatic rings. The molecule has 0 saturated carbocycles. The molecule has 6 heteroatoms. The number of carbonyl (C=O) groups excluding carboxylic acids is 1. The maximum atomic E-state index is 12.7. The molecule has 2 unspecified atom stereocenters. The van der Waals surface area contributed by atoms with Crippen molar-refractivity contribution < 1.29 is 14.3 Å². The van der Waals surface area contributed by atoms with E-state index in [0.29, 0.717) is 31.1 Å². The number of methoxy groups -OCH3 is 2. The van der Waals surface area contributed by atoms with Crippen molar-refractivity contribution in [3.8, 4) is 11.5 Å². The average molecular weight is 307 g/mol. The first-order valence-electron chi connectivity index (χ1n) is 7.58. The molecule has 0 bridgehead atoms. The normalized spacial score (nSPS) is 20.7. The topological polar surface area (TPSA) is 62.8 Å². The van der Waals surface area contributed by atoms with Gasteiger partial charge in [0.05, 0.1) is 20.1 Å². The number of hydrazine groups is 1. The summed E-state index contributed by atoms with van der Waals surface area (Å²) >= 11 is 0. The van der Waals surface area contributed by atoms with Crippen molar-refractivity contribution in [2.75, 3.05) is 27.3 Å². The maximum absolute atomic E-state index is 12.7. The highest BCUT2D eigenvalue weighted by Crippen LogP contribution is 2.28. The second-order valence-corrected chi connectivity index (χ2v) is 5.46. The van der Waals surface area contributed by atoms with Crippen molar-refractivity contribution in [3.63, 3.8) is 0 Å². The molecule has 0 spiro atoms. The van der Waals surface area contributed by atoms with Crippen LogP contribution in [-0.4, -0.2) is 44.2 Å². The lowest BCUT2D eigenvalue weighted by atomic mass is 10.0. The van der Waals surface area contributed by atoms with E-state index in [1.54, 1.807) is 14.2 Å². The molecule has 1 aromatic carbocycles. The van der Waals surface area contributed by atoms with Gasteiger partial charge in [0.25, 0.3) is 0 Å². The number of ether oxygens (including phenoxy) is 2. The second kappa shape index (κ2) is 7.47. The van der Waals surface area contributed by atoms with E-state index < -0.39 is 0 Å². The quantitative estimate of drug-likeness (QED) is 0.826. The summed E-state index contributed by atoms with van der Waals surface area (Å²) in [5.41, 5.74) is 7.16. The van der Waals surface area contributed by atoms with E-state index in [9.17, 15) is 4.79 Å². The van der Waals surface area contributed by atoms with Gasteiger partial charge in [0.1, 0.15) is 0 Å². The van der Waals surface area contributed by atoms with Crippen LogP contribution < -0.4 is 20.3 Å². The van der Waals surface area contributed by atoms with E-state index in [1.807, 2.05) is 36.9 Å². The zero-order chi connectivity index (χ0) is 16.1. The van der Waals surface area contributed by atoms with Crippen LogP contribution in [0, 0.1) is 5.92 Å². The number of hydrogen-bond acceptors (Lipinski definition) is 5. The number of nitrogens with zero attached hydrogens (tertiary/aromatic N) is 1. The van der Waals surface area contributed by atoms with Gasteiger partial charge in [-0.05, 0) is 31.5 Å². The zero-order valence-corrected chi connectivity index (χ0v) is 13.7. The van der Waals surface area contributed by atoms with Gasteiger partial charge < -0.3 is 14.4 Å². The lowest BCUT2D eigenvalue weighted by Gasteiger charge is -2.26. The van der Waals surface area contributed by atoms with Crippen molar-refractivity contribution in [3.05, 3.63) is 23.8 Å². The number of nitrogens with one attached hydrogen (secondary N) is 2. The lowest BCUT2D eigenvalue weighted by Crippen LogP contribution is -2.40. The van der Waals surface area contributed by atoms with Gasteiger partial charge in [-0.2, -0.15) is 0 Å². The average Bonchev–Trinajstić information content (AvgIpc) is 2.97. The first kappa shape index (κ1) is 16.6. The molecule has 0 aliphatic carbocycles. The van der Waals surface area contributed by atoms with Gasteiger partial charge in [-0.15, -0.1) is 0 Å². The molecule has 1 aliphatic heterocycles. The Balaban J connectivity index is 2.11. The first-order chi connectivity index (χ1) is 10.6. The van der Waals surface area contributed by atoms with Crippen molar-refractivity contribution in [2.45, 2.75) is 26.4 Å². The van der Waals surface area contributed by atoms with E-state index in [0.717, 1.165) is 5.56 Å². The SMILES string of the molecule is CCN(Cc1ccc(OC)c(OC)c1)C(=O)C1CNNC1C. The summed E-state index contributed by atoms with van der Waals surface area (Å²) in [5.74, 6) is 1.52. The van der Waals surface area contributed by atoms with Crippen LogP contribution in [0.2, 0.25) is 0 Å². The van der Waals surface area contributed by atoms with E-state index in [1.165, 1.54) is 0 Å². The molecular formula is C16H25N3O3. The molecule has 1 aliphatic rings. The lowest BCUT2D eigenvalue weighted by molar-refractivity contribution is -0.135. The third-order valence-corrected chi connectivity index (χ3v) is 4.09. The van der Waals surface area contributed by atoms with E-state index in [4.69, 9.17) is 9.47 Å². The molecule has 1 saturated heterocycles. The fourth-order valence-corrected chi connectivity index (χ4v) is 2.69. The standard InChI is InChI=1S/C16H25N3O3/c1-5-19(16(20)13-9-17-18-11(13)2)10-12-6-7-14(21-3)15(8-12)22-4/h6-8,11,13,17-18H,5,9-10H2,1-4H3. The maximum Gasteiger partial charge on any atom is 0.228 e. The van der Waals surface area contributed by atoms with Gasteiger partial charge in [0.2, 0.25) is 5.91 Å². The van der Waals surface area contributed by atoms with Gasteiger partial charge in [0.15, 0.2) is 11.5 Å². The molecule has 1 amide bonds. The van der Waals surface area contributed by atoms with Gasteiger partial charge in [0, 0.05) is 25.7 Å². The fraction of sp³-hybridized carbons (Fsp3) is 0.562. The summed E-state index contributed by atoms with van der Waals surface area (Å²) < 4.78 is 10.6. The van der Waals surface area contributed by atoms with E-state index >= 15 is 0 Å². The van der Waals surface area contributed by atoms with Crippen LogP contribution in [0.5, 0.6) is 11.5 Å². The molecule has 2 rings (SSSR count). The Bertz CT molecular complexity index is 521. The van der Waals surface area contributed by atoms with Gasteiger partial charge in [-0.25, -0.2) is 0 Å². The highest BCUT2D eigenvalue weighted by molar-refractivity contribution is 5.80. The Hall–Kier alpha value is -1.79. The summed E-state index contributed by atoms with van der Waals surface area (Å²) in [6.07, 6.45) is 0. The molecule has 6 nitrogen and oxygen atoms in total. The summed E-state index contributed by atoms with van der Waals surface area (Å²) in [6.45, 7) is 5.93. The van der Waals surface area contributed by atoms with Crippen LogP contribution >= 0.6 is 0 Å². The largest absolute Gasteiger partial charge is 0.493 e. The summed E-state index contributed by atoms with van der Waals surface area (Å²) in [5, 5.41) is 0. The Morgan fingerprint density at radius 1 is 1.32 bits per heavy atom. The first-order valence-corrected chi connectivity index (χ1v) is 7.58. The van der Waals surface area contributed by atoms with Crippen LogP contribution in [0.3, 0.4) is 0 Å². The third-order valence-electron chi connectivity index (χ3n) is 4.09. The highest BCUT2D eigenvalue weighted by atomic mass is 16.5. The van der Waals surface area contributed by atoms with Crippen molar-refractivity contribution in [1.29, 1.82) is 0 Å². The molecular weight excluding hydrogens is 282 g/mol. The van der Waals surface area contributed by atoms with Crippen LogP contribution in [0.25, 0.3) is 0 Å². The predicted molar refractivity (Wildman–Crippen MR) is 84.7 cm³/mol. The zero-order valence-electron chi connectivity index (χ0n) is 13.7. The Kier molecular flexibility index (Phi) is 5.63. The van der Waals surface area contributed by atoms with Crippen molar-refractivity contribution >= 4 is 5.91 Å². The number of hydrogen-bond donors (Lipinski definition) is 2. The molecule has 122 valence electrons. The summed E-state index contributed by atoms with van der Waals surface area (Å²) in [6, 6.07) is 5.90. The third kappa shape index (κ3) is 3.51. The summed E-state index contributed by atoms with van der Waals surface area (Å²) in [7, 11) is 3.23. The Morgan fingerprint density at radius 2 is 2.05 bits per heavy atom. The van der Waals surface area contributed by atoms with Gasteiger partial charge in [-0.3, -0.25) is 15.6 Å². The van der Waals surface area contributed by atoms with Crippen molar-refractivity contribution in [1.82, 2.24) is 15.8 Å². The van der Waals surface area contributed by atoms with Gasteiger partial charge in [-0.1, -0.05) is 6.07 Å². The Morgan fingerprint density at radius 3 is 2.59 bits per heavy atom. The van der Waals surface area contributed by atoms with E-state index in [-0.39, 0.29) is 17.9 Å². The second-order valence-electron chi connectivity index (χ2n) is 5.46. The predicted octanol–water partition coefficient (Wildman–Crippen LogP) is 1.16. The van der Waals surface area contributed by atoms with Crippen LogP contribution in [0.1, 0.15) is 19.4 Å². The Labute approximate surface area is 131 Å². The monoisotopic (exact) mass is 307 g/mol. The van der Waals surface area contributed by atoms with Crippen LogP contribution in [0.4, 0.5) is 0 Å². The molecule has 1 heterocycles. The number of carbonyl (C=O) groups is 1. The smallest absolute Gasteiger partial charge is 0.228 e. The molecule has 0 aromatic heterocycles.